The first-order valence-corrected chi connectivity index (χ1v) is 5.45. The van der Waals surface area contributed by atoms with Gasteiger partial charge in [-0.3, -0.25) is 4.79 Å². The Morgan fingerprint density at radius 2 is 2.07 bits per heavy atom. The van der Waals surface area contributed by atoms with Crippen molar-refractivity contribution < 1.29 is 4.79 Å². The van der Waals surface area contributed by atoms with Crippen LogP contribution in [0, 0.1) is 0 Å². The molecule has 0 radical (unpaired) electrons. The normalized spacial score (nSPS) is 9.80. The Labute approximate surface area is 95.9 Å². The lowest BCUT2D eigenvalue weighted by Crippen LogP contribution is -2.16. The van der Waals surface area contributed by atoms with Crippen molar-refractivity contribution in [2.45, 2.75) is 6.42 Å². The predicted molar refractivity (Wildman–Crippen MR) is 67.9 cm³/mol. The Hall–Kier alpha value is -1.16. The van der Waals surface area contributed by atoms with Gasteiger partial charge in [-0.1, -0.05) is 12.1 Å². The fourth-order valence-corrected chi connectivity index (χ4v) is 1.49. The molecule has 82 valence electrons. The molecule has 0 aliphatic carbocycles. The average molecular weight is 224 g/mol. The van der Waals surface area contributed by atoms with Gasteiger partial charge in [0.15, 0.2) is 0 Å². The van der Waals surface area contributed by atoms with Crippen LogP contribution >= 0.6 is 12.6 Å². The lowest BCUT2D eigenvalue weighted by atomic mass is 10.2. The van der Waals surface area contributed by atoms with E-state index in [0.717, 1.165) is 11.4 Å². The maximum Gasteiger partial charge on any atom is 0.225 e. The molecule has 0 unspecified atom stereocenters. The molecule has 15 heavy (non-hydrogen) atoms. The lowest BCUT2D eigenvalue weighted by molar-refractivity contribution is -0.115. The lowest BCUT2D eigenvalue weighted by Gasteiger charge is -2.17. The summed E-state index contributed by atoms with van der Waals surface area (Å²) in [6.07, 6.45) is 0.435. The van der Waals surface area contributed by atoms with Crippen molar-refractivity contribution in [2.24, 2.45) is 0 Å². The molecule has 4 heteroatoms. The van der Waals surface area contributed by atoms with Crippen LogP contribution in [0.2, 0.25) is 0 Å². The van der Waals surface area contributed by atoms with E-state index in [1.165, 1.54) is 0 Å². The number of hydrogen-bond donors (Lipinski definition) is 2. The minimum Gasteiger partial charge on any atom is -0.376 e. The molecule has 1 N–H and O–H groups in total. The van der Waals surface area contributed by atoms with Gasteiger partial charge in [0.1, 0.15) is 0 Å². The van der Waals surface area contributed by atoms with Crippen molar-refractivity contribution in [2.75, 3.05) is 30.1 Å². The number of rotatable bonds is 4. The highest BCUT2D eigenvalue weighted by Gasteiger charge is 2.06. The van der Waals surface area contributed by atoms with Crippen molar-refractivity contribution >= 4 is 29.9 Å². The van der Waals surface area contributed by atoms with Gasteiger partial charge in [0.05, 0.1) is 11.4 Å². The summed E-state index contributed by atoms with van der Waals surface area (Å²) in [4.78, 5) is 13.4. The molecule has 0 fully saturated rings. The zero-order chi connectivity index (χ0) is 11.3. The number of nitrogens with zero attached hydrogens (tertiary/aromatic N) is 1. The van der Waals surface area contributed by atoms with Gasteiger partial charge < -0.3 is 10.2 Å². The fourth-order valence-electron chi connectivity index (χ4n) is 1.28. The van der Waals surface area contributed by atoms with E-state index < -0.39 is 0 Å². The highest BCUT2D eigenvalue weighted by atomic mass is 32.1. The van der Waals surface area contributed by atoms with Crippen molar-refractivity contribution in [3.63, 3.8) is 0 Å². The number of thiol groups is 1. The van der Waals surface area contributed by atoms with E-state index in [2.05, 4.69) is 17.9 Å². The van der Waals surface area contributed by atoms with E-state index in [0.29, 0.717) is 12.2 Å². The second-order valence-electron chi connectivity index (χ2n) is 3.43. The third-order valence-corrected chi connectivity index (χ3v) is 2.22. The van der Waals surface area contributed by atoms with Crippen LogP contribution in [0.1, 0.15) is 6.42 Å². The minimum absolute atomic E-state index is 0.000648. The number of carbonyl (C=O) groups excluding carboxylic acids is 1. The first-order chi connectivity index (χ1) is 7.15. The van der Waals surface area contributed by atoms with E-state index in [-0.39, 0.29) is 5.91 Å². The topological polar surface area (TPSA) is 32.3 Å². The summed E-state index contributed by atoms with van der Waals surface area (Å²) in [6.45, 7) is 0. The SMILES string of the molecule is CN(C)c1ccccc1NC(=O)CCS. The average Bonchev–Trinajstić information content (AvgIpc) is 2.18. The molecule has 0 saturated carbocycles. The van der Waals surface area contributed by atoms with Gasteiger partial charge in [-0.2, -0.15) is 12.6 Å². The number of amides is 1. The van der Waals surface area contributed by atoms with Crippen LogP contribution in [0.15, 0.2) is 24.3 Å². The van der Waals surface area contributed by atoms with Gasteiger partial charge in [-0.15, -0.1) is 0 Å². The number of benzene rings is 1. The van der Waals surface area contributed by atoms with Crippen molar-refractivity contribution in [1.82, 2.24) is 0 Å². The smallest absolute Gasteiger partial charge is 0.225 e. The van der Waals surface area contributed by atoms with Crippen molar-refractivity contribution in [3.8, 4) is 0 Å². The predicted octanol–water partition coefficient (Wildman–Crippen LogP) is 2.01. The number of para-hydroxylation sites is 2. The summed E-state index contributed by atoms with van der Waals surface area (Å²) in [5.74, 6) is 0.565. The largest absolute Gasteiger partial charge is 0.376 e. The molecule has 1 aromatic rings. The monoisotopic (exact) mass is 224 g/mol. The zero-order valence-electron chi connectivity index (χ0n) is 9.03. The number of hydrogen-bond acceptors (Lipinski definition) is 3. The third-order valence-electron chi connectivity index (χ3n) is 2.00. The van der Waals surface area contributed by atoms with E-state index in [4.69, 9.17) is 0 Å². The molecular formula is C11H16N2OS. The Bertz CT molecular complexity index is 339. The molecule has 1 amide bonds. The molecule has 0 aliphatic heterocycles. The van der Waals surface area contributed by atoms with E-state index in [1.54, 1.807) is 0 Å². The molecule has 0 aromatic heterocycles. The van der Waals surface area contributed by atoms with Gasteiger partial charge in [0, 0.05) is 20.5 Å². The molecule has 0 saturated heterocycles. The second-order valence-corrected chi connectivity index (χ2v) is 3.88. The Balaban J connectivity index is 2.80. The highest BCUT2D eigenvalue weighted by Crippen LogP contribution is 2.23. The zero-order valence-corrected chi connectivity index (χ0v) is 9.92. The first-order valence-electron chi connectivity index (χ1n) is 4.82. The van der Waals surface area contributed by atoms with Crippen LogP contribution in [0.5, 0.6) is 0 Å². The summed E-state index contributed by atoms with van der Waals surface area (Å²) in [5, 5.41) is 2.86. The molecule has 3 nitrogen and oxygen atoms in total. The molecular weight excluding hydrogens is 208 g/mol. The molecule has 0 heterocycles. The van der Waals surface area contributed by atoms with Crippen LogP contribution in [0.3, 0.4) is 0 Å². The molecule has 0 atom stereocenters. The maximum atomic E-state index is 11.4. The van der Waals surface area contributed by atoms with Gasteiger partial charge in [0.2, 0.25) is 5.91 Å². The Morgan fingerprint density at radius 1 is 1.40 bits per heavy atom. The summed E-state index contributed by atoms with van der Waals surface area (Å²) >= 11 is 4.02. The number of nitrogens with one attached hydrogen (secondary N) is 1. The van der Waals surface area contributed by atoms with Crippen LogP contribution in [0.4, 0.5) is 11.4 Å². The minimum atomic E-state index is -0.000648. The van der Waals surface area contributed by atoms with Gasteiger partial charge in [-0.25, -0.2) is 0 Å². The third kappa shape index (κ3) is 3.47. The number of carbonyl (C=O) groups is 1. The van der Waals surface area contributed by atoms with E-state index in [1.807, 2.05) is 43.3 Å². The van der Waals surface area contributed by atoms with Gasteiger partial charge >= 0.3 is 0 Å². The summed E-state index contributed by atoms with van der Waals surface area (Å²) in [6, 6.07) is 7.72. The molecule has 1 rings (SSSR count). The van der Waals surface area contributed by atoms with Crippen molar-refractivity contribution in [3.05, 3.63) is 24.3 Å². The Morgan fingerprint density at radius 3 is 2.67 bits per heavy atom. The summed E-state index contributed by atoms with van der Waals surface area (Å²) < 4.78 is 0. The van der Waals surface area contributed by atoms with Gasteiger partial charge in [0.25, 0.3) is 0 Å². The summed E-state index contributed by atoms with van der Waals surface area (Å²) in [7, 11) is 3.90. The van der Waals surface area contributed by atoms with Crippen LogP contribution in [-0.4, -0.2) is 25.8 Å². The number of anilines is 2. The fraction of sp³-hybridized carbons (Fsp3) is 0.364. The van der Waals surface area contributed by atoms with Crippen LogP contribution in [0.25, 0.3) is 0 Å². The molecule has 0 bridgehead atoms. The maximum absolute atomic E-state index is 11.4. The van der Waals surface area contributed by atoms with Crippen LogP contribution in [-0.2, 0) is 4.79 Å². The quantitative estimate of drug-likeness (QED) is 0.767. The highest BCUT2D eigenvalue weighted by molar-refractivity contribution is 7.80. The Kier molecular flexibility index (Phi) is 4.49. The molecule has 0 spiro atoms. The van der Waals surface area contributed by atoms with Crippen molar-refractivity contribution in [1.29, 1.82) is 0 Å². The standard InChI is InChI=1S/C11H16N2OS/c1-13(2)10-6-4-3-5-9(10)12-11(14)7-8-15/h3-6,15H,7-8H2,1-2H3,(H,12,14). The van der Waals surface area contributed by atoms with E-state index >= 15 is 0 Å². The van der Waals surface area contributed by atoms with Gasteiger partial charge in [-0.05, 0) is 17.9 Å². The van der Waals surface area contributed by atoms with Crippen LogP contribution < -0.4 is 10.2 Å². The second kappa shape index (κ2) is 5.66. The molecule has 0 aliphatic rings. The first kappa shape index (κ1) is 11.9. The molecule has 1 aromatic carbocycles. The summed E-state index contributed by atoms with van der Waals surface area (Å²) in [5.41, 5.74) is 1.85. The van der Waals surface area contributed by atoms with E-state index in [9.17, 15) is 4.79 Å².